The molecule has 0 fully saturated rings. The second-order valence-corrected chi connectivity index (χ2v) is 2.88. The Morgan fingerprint density at radius 2 is 1.44 bits per heavy atom. The molecule has 0 aliphatic rings. The molecule has 0 bridgehead atoms. The summed E-state index contributed by atoms with van der Waals surface area (Å²) in [6.45, 7) is 0.281. The molecule has 0 aromatic carbocycles. The zero-order chi connectivity index (χ0) is 7.28. The van der Waals surface area contributed by atoms with Crippen molar-refractivity contribution >= 4 is 11.8 Å². The summed E-state index contributed by atoms with van der Waals surface area (Å²) >= 11 is 0.961. The minimum Gasteiger partial charge on any atom is -0.381 e. The summed E-state index contributed by atoms with van der Waals surface area (Å²) in [5.41, 5.74) is 8.69. The first-order valence-electron chi connectivity index (χ1n) is 2.62. The van der Waals surface area contributed by atoms with Gasteiger partial charge in [-0.05, 0) is 0 Å². The number of nitrogens with two attached hydrogens (primary N) is 2. The molecule has 9 heavy (non-hydrogen) atoms. The summed E-state index contributed by atoms with van der Waals surface area (Å²) in [5.74, 6) is 0. The molecule has 0 radical (unpaired) electrons. The van der Waals surface area contributed by atoms with E-state index in [1.807, 2.05) is 0 Å². The van der Waals surface area contributed by atoms with Gasteiger partial charge in [0.25, 0.3) is 0 Å². The van der Waals surface area contributed by atoms with Gasteiger partial charge in [0, 0.05) is 13.1 Å². The third-order valence-corrected chi connectivity index (χ3v) is 1.73. The first-order chi connectivity index (χ1) is 4.20. The van der Waals surface area contributed by atoms with Crippen LogP contribution in [0, 0.1) is 0 Å². The fraction of sp³-hybridized carbons (Fsp3) is 1.00. The Morgan fingerprint density at radius 3 is 1.67 bits per heavy atom. The maximum atomic E-state index is 8.78. The average molecular weight is 152 g/mol. The van der Waals surface area contributed by atoms with Gasteiger partial charge in [-0.15, -0.1) is 0 Å². The van der Waals surface area contributed by atoms with Gasteiger partial charge in [-0.1, -0.05) is 11.8 Å². The highest BCUT2D eigenvalue weighted by Crippen LogP contribution is 2.10. The van der Waals surface area contributed by atoms with E-state index in [0.717, 1.165) is 11.8 Å². The van der Waals surface area contributed by atoms with Crippen molar-refractivity contribution in [1.29, 1.82) is 0 Å². The predicted octanol–water partition coefficient (Wildman–Crippen LogP) is -1.73. The molecule has 0 aromatic heterocycles. The molecule has 0 spiro atoms. The molecular weight excluding hydrogens is 140 g/mol. The lowest BCUT2D eigenvalue weighted by molar-refractivity contribution is 0.243. The molecular formula is C4H12N2O2S. The standard InChI is InChI=1S/C4H12N2O2S/c5-1-3(7)9-4(8)2-6/h3-4,7-8H,1-2,5-6H2. The summed E-state index contributed by atoms with van der Waals surface area (Å²) in [6.07, 6.45) is 0. The molecule has 2 unspecified atom stereocenters. The van der Waals surface area contributed by atoms with Crippen LogP contribution in [-0.4, -0.2) is 34.2 Å². The minimum absolute atomic E-state index is 0.141. The van der Waals surface area contributed by atoms with Gasteiger partial charge < -0.3 is 21.7 Å². The number of aliphatic hydroxyl groups is 2. The van der Waals surface area contributed by atoms with Crippen LogP contribution in [0.3, 0.4) is 0 Å². The molecule has 0 saturated heterocycles. The smallest absolute Gasteiger partial charge is 0.114 e. The highest BCUT2D eigenvalue weighted by molar-refractivity contribution is 8.00. The van der Waals surface area contributed by atoms with Gasteiger partial charge in [0.05, 0.1) is 0 Å². The topological polar surface area (TPSA) is 92.5 Å². The van der Waals surface area contributed by atoms with Crippen LogP contribution in [0.5, 0.6) is 0 Å². The van der Waals surface area contributed by atoms with Crippen molar-refractivity contribution in [3.63, 3.8) is 0 Å². The van der Waals surface area contributed by atoms with E-state index < -0.39 is 10.9 Å². The maximum absolute atomic E-state index is 8.78. The Labute approximate surface area is 58.2 Å². The van der Waals surface area contributed by atoms with E-state index in [1.165, 1.54) is 0 Å². The van der Waals surface area contributed by atoms with Crippen molar-refractivity contribution in [3.05, 3.63) is 0 Å². The minimum atomic E-state index is -0.705. The second-order valence-electron chi connectivity index (χ2n) is 1.52. The third kappa shape index (κ3) is 4.68. The van der Waals surface area contributed by atoms with Crippen LogP contribution < -0.4 is 11.5 Å². The molecule has 0 aliphatic heterocycles. The summed E-state index contributed by atoms with van der Waals surface area (Å²) in [6, 6.07) is 0. The van der Waals surface area contributed by atoms with Crippen LogP contribution in [0.25, 0.3) is 0 Å². The highest BCUT2D eigenvalue weighted by Gasteiger charge is 2.07. The quantitative estimate of drug-likeness (QED) is 0.359. The van der Waals surface area contributed by atoms with Crippen LogP contribution >= 0.6 is 11.8 Å². The van der Waals surface area contributed by atoms with E-state index in [1.54, 1.807) is 0 Å². The summed E-state index contributed by atoms with van der Waals surface area (Å²) < 4.78 is 0. The Morgan fingerprint density at radius 1 is 1.11 bits per heavy atom. The molecule has 0 aliphatic carbocycles. The fourth-order valence-corrected chi connectivity index (χ4v) is 0.877. The molecule has 56 valence electrons. The van der Waals surface area contributed by atoms with E-state index in [2.05, 4.69) is 0 Å². The van der Waals surface area contributed by atoms with Crippen LogP contribution in [0.4, 0.5) is 0 Å². The SMILES string of the molecule is NCC(O)SC(O)CN. The third-order valence-electron chi connectivity index (χ3n) is 0.717. The Bertz CT molecular complexity index is 65.6. The number of hydrogen-bond donors (Lipinski definition) is 4. The second kappa shape index (κ2) is 5.01. The van der Waals surface area contributed by atoms with Gasteiger partial charge in [-0.25, -0.2) is 0 Å². The van der Waals surface area contributed by atoms with E-state index in [0.29, 0.717) is 0 Å². The van der Waals surface area contributed by atoms with Crippen molar-refractivity contribution in [3.8, 4) is 0 Å². The zero-order valence-electron chi connectivity index (χ0n) is 5.03. The molecule has 4 nitrogen and oxygen atoms in total. The van der Waals surface area contributed by atoms with Crippen molar-refractivity contribution in [2.45, 2.75) is 10.9 Å². The number of rotatable bonds is 4. The summed E-state index contributed by atoms with van der Waals surface area (Å²) in [4.78, 5) is 0. The first kappa shape index (κ1) is 9.19. The lowest BCUT2D eigenvalue weighted by atomic mass is 10.7. The lowest BCUT2D eigenvalue weighted by Crippen LogP contribution is -2.24. The summed E-state index contributed by atoms with van der Waals surface area (Å²) in [5, 5.41) is 17.6. The predicted molar refractivity (Wildman–Crippen MR) is 37.7 cm³/mol. The van der Waals surface area contributed by atoms with E-state index in [4.69, 9.17) is 21.7 Å². The fourth-order valence-electron chi connectivity index (χ4n) is 0.292. The monoisotopic (exact) mass is 152 g/mol. The largest absolute Gasteiger partial charge is 0.381 e. The number of hydrogen-bond acceptors (Lipinski definition) is 5. The summed E-state index contributed by atoms with van der Waals surface area (Å²) in [7, 11) is 0. The van der Waals surface area contributed by atoms with Gasteiger partial charge in [-0.2, -0.15) is 0 Å². The van der Waals surface area contributed by atoms with Gasteiger partial charge in [0.1, 0.15) is 10.9 Å². The normalized spacial score (nSPS) is 17.3. The van der Waals surface area contributed by atoms with Gasteiger partial charge in [0.15, 0.2) is 0 Å². The van der Waals surface area contributed by atoms with Gasteiger partial charge >= 0.3 is 0 Å². The van der Waals surface area contributed by atoms with Gasteiger partial charge in [0.2, 0.25) is 0 Å². The Kier molecular flexibility index (Phi) is 5.12. The van der Waals surface area contributed by atoms with Crippen LogP contribution in [0.15, 0.2) is 0 Å². The van der Waals surface area contributed by atoms with Crippen molar-refractivity contribution in [2.75, 3.05) is 13.1 Å². The first-order valence-corrected chi connectivity index (χ1v) is 3.56. The van der Waals surface area contributed by atoms with E-state index in [9.17, 15) is 0 Å². The van der Waals surface area contributed by atoms with Crippen molar-refractivity contribution in [1.82, 2.24) is 0 Å². The molecule has 0 heterocycles. The van der Waals surface area contributed by atoms with Crippen LogP contribution in [-0.2, 0) is 0 Å². The van der Waals surface area contributed by atoms with Crippen molar-refractivity contribution < 1.29 is 10.2 Å². The lowest BCUT2D eigenvalue weighted by Gasteiger charge is -2.10. The molecule has 2 atom stereocenters. The molecule has 0 aromatic rings. The Balaban J connectivity index is 3.22. The number of thioether (sulfide) groups is 1. The Hall–Kier alpha value is 0.190. The number of aliphatic hydroxyl groups excluding tert-OH is 2. The molecule has 0 amide bonds. The zero-order valence-corrected chi connectivity index (χ0v) is 5.84. The van der Waals surface area contributed by atoms with Crippen LogP contribution in [0.1, 0.15) is 0 Å². The average Bonchev–Trinajstić information content (AvgIpc) is 1.87. The molecule has 0 rings (SSSR count). The highest BCUT2D eigenvalue weighted by atomic mass is 32.2. The van der Waals surface area contributed by atoms with E-state index in [-0.39, 0.29) is 13.1 Å². The van der Waals surface area contributed by atoms with E-state index >= 15 is 0 Å². The molecule has 6 N–H and O–H groups in total. The maximum Gasteiger partial charge on any atom is 0.114 e. The molecule has 0 saturated carbocycles. The van der Waals surface area contributed by atoms with Crippen LogP contribution in [0.2, 0.25) is 0 Å². The van der Waals surface area contributed by atoms with Gasteiger partial charge in [-0.3, -0.25) is 0 Å². The molecule has 5 heteroatoms. The van der Waals surface area contributed by atoms with Crippen molar-refractivity contribution in [2.24, 2.45) is 11.5 Å².